The van der Waals surface area contributed by atoms with Crippen molar-refractivity contribution in [1.82, 2.24) is 0 Å². The number of hydrogen-bond acceptors (Lipinski definition) is 1. The molecule has 1 nitrogen and oxygen atoms in total. The van der Waals surface area contributed by atoms with Gasteiger partial charge in [-0.05, 0) is 42.4 Å². The molecule has 2 fully saturated rings. The van der Waals surface area contributed by atoms with E-state index >= 15 is 0 Å². The summed E-state index contributed by atoms with van der Waals surface area (Å²) in [5.41, 5.74) is 0. The Hall–Kier alpha value is -0.0400. The Labute approximate surface area is 75.2 Å². The van der Waals surface area contributed by atoms with Gasteiger partial charge in [-0.15, -0.1) is 0 Å². The molecule has 0 heterocycles. The molecule has 70 valence electrons. The molecule has 6 atom stereocenters. The number of rotatable bonds is 0. The largest absolute Gasteiger partial charge is 0.393 e. The molecule has 0 spiro atoms. The zero-order valence-corrected chi connectivity index (χ0v) is 8.33. The van der Waals surface area contributed by atoms with E-state index in [4.69, 9.17) is 0 Å². The van der Waals surface area contributed by atoms with E-state index in [-0.39, 0.29) is 6.10 Å². The minimum atomic E-state index is 0.0115. The first-order valence-corrected chi connectivity index (χ1v) is 5.31. The third-order valence-corrected chi connectivity index (χ3v) is 4.68. The van der Waals surface area contributed by atoms with E-state index in [0.29, 0.717) is 5.92 Å². The summed E-state index contributed by atoms with van der Waals surface area (Å²) in [6.45, 7) is 7.03. The lowest BCUT2D eigenvalue weighted by Gasteiger charge is -2.20. The van der Waals surface area contributed by atoms with E-state index in [9.17, 15) is 5.11 Å². The number of aliphatic hydroxyl groups excluding tert-OH is 1. The van der Waals surface area contributed by atoms with Crippen LogP contribution in [-0.4, -0.2) is 11.2 Å². The highest BCUT2D eigenvalue weighted by molar-refractivity contribution is 4.98. The number of aliphatic hydroxyl groups is 1. The van der Waals surface area contributed by atoms with Gasteiger partial charge < -0.3 is 5.11 Å². The molecule has 0 aromatic carbocycles. The maximum Gasteiger partial charge on any atom is 0.0573 e. The second-order valence-electron chi connectivity index (χ2n) is 4.96. The van der Waals surface area contributed by atoms with Crippen LogP contribution in [0.15, 0.2) is 0 Å². The quantitative estimate of drug-likeness (QED) is 0.588. The average molecular weight is 168 g/mol. The van der Waals surface area contributed by atoms with E-state index in [2.05, 4.69) is 20.8 Å². The van der Waals surface area contributed by atoms with Crippen molar-refractivity contribution in [1.29, 1.82) is 0 Å². The first kappa shape index (κ1) is 8.55. The maximum absolute atomic E-state index is 9.81. The molecule has 0 radical (unpaired) electrons. The Morgan fingerprint density at radius 1 is 0.917 bits per heavy atom. The molecule has 0 bridgehead atoms. The summed E-state index contributed by atoms with van der Waals surface area (Å²) >= 11 is 0. The monoisotopic (exact) mass is 168 g/mol. The highest BCUT2D eigenvalue weighted by Crippen LogP contribution is 2.53. The van der Waals surface area contributed by atoms with Gasteiger partial charge in [-0.1, -0.05) is 20.8 Å². The van der Waals surface area contributed by atoms with Crippen LogP contribution >= 0.6 is 0 Å². The smallest absolute Gasteiger partial charge is 0.0573 e. The van der Waals surface area contributed by atoms with E-state index in [0.717, 1.165) is 30.1 Å². The SMILES string of the molecule is CC1C2CC[C@@H](O)C2[C@@H](C)[C@H]1C. The van der Waals surface area contributed by atoms with Crippen LogP contribution in [0.25, 0.3) is 0 Å². The summed E-state index contributed by atoms with van der Waals surface area (Å²) in [4.78, 5) is 0. The Morgan fingerprint density at radius 3 is 2.17 bits per heavy atom. The molecule has 1 N–H and O–H groups in total. The predicted octanol–water partition coefficient (Wildman–Crippen LogP) is 2.30. The molecule has 0 amide bonds. The first-order chi connectivity index (χ1) is 5.63. The van der Waals surface area contributed by atoms with Gasteiger partial charge in [0.25, 0.3) is 0 Å². The molecule has 2 aliphatic rings. The maximum atomic E-state index is 9.81. The third-order valence-electron chi connectivity index (χ3n) is 4.68. The van der Waals surface area contributed by atoms with Crippen LogP contribution in [0, 0.1) is 29.6 Å². The molecular weight excluding hydrogens is 148 g/mol. The molecule has 3 unspecified atom stereocenters. The summed E-state index contributed by atoms with van der Waals surface area (Å²) in [5, 5.41) is 9.81. The van der Waals surface area contributed by atoms with E-state index in [1.807, 2.05) is 0 Å². The molecule has 0 aromatic rings. The zero-order chi connectivity index (χ0) is 8.88. The van der Waals surface area contributed by atoms with Crippen LogP contribution in [0.5, 0.6) is 0 Å². The van der Waals surface area contributed by atoms with Crippen molar-refractivity contribution >= 4 is 0 Å². The van der Waals surface area contributed by atoms with Gasteiger partial charge in [-0.25, -0.2) is 0 Å². The molecule has 2 aliphatic carbocycles. The normalized spacial score (nSPS) is 59.0. The van der Waals surface area contributed by atoms with E-state index < -0.39 is 0 Å². The lowest BCUT2D eigenvalue weighted by Crippen LogP contribution is -2.21. The van der Waals surface area contributed by atoms with Gasteiger partial charge in [0.1, 0.15) is 0 Å². The average Bonchev–Trinajstić information content (AvgIpc) is 2.51. The van der Waals surface area contributed by atoms with Crippen molar-refractivity contribution in [3.8, 4) is 0 Å². The highest BCUT2D eigenvalue weighted by Gasteiger charge is 2.49. The van der Waals surface area contributed by atoms with Crippen molar-refractivity contribution in [2.45, 2.75) is 39.7 Å². The fraction of sp³-hybridized carbons (Fsp3) is 1.00. The molecule has 2 rings (SSSR count). The standard InChI is InChI=1S/C11H20O/c1-6-7(2)9-4-5-10(12)11(9)8(6)3/h6-12H,4-5H2,1-3H3/t6-,7?,8-,9?,10+,11?/m0/s1. The predicted molar refractivity (Wildman–Crippen MR) is 49.7 cm³/mol. The minimum absolute atomic E-state index is 0.0115. The van der Waals surface area contributed by atoms with Gasteiger partial charge in [0, 0.05) is 0 Å². The van der Waals surface area contributed by atoms with Crippen molar-refractivity contribution in [2.75, 3.05) is 0 Å². The van der Waals surface area contributed by atoms with Gasteiger partial charge in [0.05, 0.1) is 6.10 Å². The van der Waals surface area contributed by atoms with Crippen molar-refractivity contribution in [3.63, 3.8) is 0 Å². The van der Waals surface area contributed by atoms with Crippen LogP contribution in [0.1, 0.15) is 33.6 Å². The van der Waals surface area contributed by atoms with Crippen LogP contribution in [0.2, 0.25) is 0 Å². The summed E-state index contributed by atoms with van der Waals surface area (Å²) in [5.74, 6) is 3.83. The highest BCUT2D eigenvalue weighted by atomic mass is 16.3. The third kappa shape index (κ3) is 0.953. The van der Waals surface area contributed by atoms with Gasteiger partial charge in [-0.3, -0.25) is 0 Å². The lowest BCUT2D eigenvalue weighted by molar-refractivity contribution is 0.0982. The first-order valence-electron chi connectivity index (χ1n) is 5.31. The summed E-state index contributed by atoms with van der Waals surface area (Å²) in [7, 11) is 0. The number of hydrogen-bond donors (Lipinski definition) is 1. The van der Waals surface area contributed by atoms with Gasteiger partial charge in [0.15, 0.2) is 0 Å². The van der Waals surface area contributed by atoms with E-state index in [1.165, 1.54) is 6.42 Å². The molecule has 2 saturated carbocycles. The molecule has 1 heteroatoms. The Balaban J connectivity index is 2.20. The lowest BCUT2D eigenvalue weighted by atomic mass is 9.88. The molecule has 0 aliphatic heterocycles. The van der Waals surface area contributed by atoms with Gasteiger partial charge in [0.2, 0.25) is 0 Å². The van der Waals surface area contributed by atoms with Crippen molar-refractivity contribution < 1.29 is 5.11 Å². The van der Waals surface area contributed by atoms with Crippen LogP contribution in [0.4, 0.5) is 0 Å². The van der Waals surface area contributed by atoms with Crippen molar-refractivity contribution in [3.05, 3.63) is 0 Å². The molecule has 12 heavy (non-hydrogen) atoms. The summed E-state index contributed by atoms with van der Waals surface area (Å²) in [6.07, 6.45) is 2.33. The fourth-order valence-electron chi connectivity index (χ4n) is 3.61. The topological polar surface area (TPSA) is 20.2 Å². The summed E-state index contributed by atoms with van der Waals surface area (Å²) in [6, 6.07) is 0. The second kappa shape index (κ2) is 2.73. The minimum Gasteiger partial charge on any atom is -0.393 e. The number of fused-ring (bicyclic) bond motifs is 1. The van der Waals surface area contributed by atoms with Gasteiger partial charge >= 0.3 is 0 Å². The Kier molecular flexibility index (Phi) is 1.95. The Bertz CT molecular complexity index is 178. The summed E-state index contributed by atoms with van der Waals surface area (Å²) < 4.78 is 0. The Morgan fingerprint density at radius 2 is 1.58 bits per heavy atom. The van der Waals surface area contributed by atoms with Crippen LogP contribution in [0.3, 0.4) is 0 Å². The molecular formula is C11H20O. The van der Waals surface area contributed by atoms with Gasteiger partial charge in [-0.2, -0.15) is 0 Å². The molecule has 0 saturated heterocycles. The van der Waals surface area contributed by atoms with E-state index in [1.54, 1.807) is 0 Å². The van der Waals surface area contributed by atoms with Crippen molar-refractivity contribution in [2.24, 2.45) is 29.6 Å². The second-order valence-corrected chi connectivity index (χ2v) is 4.96. The molecule has 0 aromatic heterocycles. The van der Waals surface area contributed by atoms with Crippen LogP contribution in [-0.2, 0) is 0 Å². The van der Waals surface area contributed by atoms with Crippen LogP contribution < -0.4 is 0 Å². The zero-order valence-electron chi connectivity index (χ0n) is 8.33. The fourth-order valence-corrected chi connectivity index (χ4v) is 3.61.